The molecule has 14 heavy (non-hydrogen) atoms. The van der Waals surface area contributed by atoms with Crippen molar-refractivity contribution in [2.45, 2.75) is 18.9 Å². The standard InChI is InChI=1S/C7H12BNO5/c1-14-6(10)3-2-5(7(11)12)9-4-8-13/h5,9H,2-4H2,1H3,(H,11,12). The fourth-order valence-corrected chi connectivity index (χ4v) is 0.867. The van der Waals surface area contributed by atoms with E-state index in [2.05, 4.69) is 10.1 Å². The van der Waals surface area contributed by atoms with Gasteiger partial charge in [-0.05, 0) is 0 Å². The van der Waals surface area contributed by atoms with Crippen LogP contribution in [0, 0.1) is 0 Å². The minimum atomic E-state index is -1.09. The molecule has 0 spiro atoms. The molecule has 0 heterocycles. The van der Waals surface area contributed by atoms with Gasteiger partial charge in [0, 0.05) is 0 Å². The molecule has 0 saturated heterocycles. The fraction of sp³-hybridized carbons (Fsp3) is 0.714. The second-order valence-electron chi connectivity index (χ2n) is 2.58. The number of rotatable bonds is 7. The molecule has 0 fully saturated rings. The third-order valence-electron chi connectivity index (χ3n) is 1.61. The molecule has 0 aliphatic heterocycles. The molecule has 0 aromatic rings. The Kier molecular flexibility index (Phi) is 6.56. The van der Waals surface area contributed by atoms with Gasteiger partial charge in [-0.2, -0.15) is 0 Å². The van der Waals surface area contributed by atoms with Crippen LogP contribution in [0.25, 0.3) is 0 Å². The van der Waals surface area contributed by atoms with Crippen LogP contribution in [0.2, 0.25) is 0 Å². The molecule has 0 saturated carbocycles. The molecule has 0 amide bonds. The second kappa shape index (κ2) is 7.20. The topological polar surface area (TPSA) is 92.7 Å². The summed E-state index contributed by atoms with van der Waals surface area (Å²) in [5.74, 6) is -1.56. The molecule has 0 rings (SSSR count). The third kappa shape index (κ3) is 5.42. The molecule has 2 N–H and O–H groups in total. The van der Waals surface area contributed by atoms with E-state index >= 15 is 0 Å². The zero-order valence-corrected chi connectivity index (χ0v) is 7.86. The van der Waals surface area contributed by atoms with Gasteiger partial charge in [-0.25, -0.2) is 0 Å². The van der Waals surface area contributed by atoms with Crippen LogP contribution in [0.3, 0.4) is 0 Å². The number of carboxylic acids is 1. The molecule has 0 aromatic carbocycles. The Morgan fingerprint density at radius 3 is 2.64 bits per heavy atom. The zero-order chi connectivity index (χ0) is 11.0. The number of esters is 1. The van der Waals surface area contributed by atoms with Gasteiger partial charge in [0.05, 0.1) is 0 Å². The molecule has 1 unspecified atom stereocenters. The average Bonchev–Trinajstić information content (AvgIpc) is 2.16. The van der Waals surface area contributed by atoms with Crippen molar-refractivity contribution >= 4 is 19.1 Å². The van der Waals surface area contributed by atoms with Crippen LogP contribution in [0.5, 0.6) is 0 Å². The molecule has 6 nitrogen and oxygen atoms in total. The van der Waals surface area contributed by atoms with Crippen LogP contribution in [0.4, 0.5) is 0 Å². The predicted molar refractivity (Wildman–Crippen MR) is 47.1 cm³/mol. The summed E-state index contributed by atoms with van der Waals surface area (Å²) in [6.45, 7) is 0. The molecule has 0 bridgehead atoms. The monoisotopic (exact) mass is 201 g/mol. The number of hydrogen-bond acceptors (Lipinski definition) is 5. The maximum absolute atomic E-state index is 10.7. The van der Waals surface area contributed by atoms with Crippen molar-refractivity contribution in [3.8, 4) is 0 Å². The van der Waals surface area contributed by atoms with Crippen molar-refractivity contribution in [1.29, 1.82) is 0 Å². The van der Waals surface area contributed by atoms with Crippen LogP contribution in [-0.2, 0) is 19.0 Å². The van der Waals surface area contributed by atoms with Gasteiger partial charge in [-0.3, -0.25) is 0 Å². The summed E-state index contributed by atoms with van der Waals surface area (Å²) in [6, 6.07) is -0.890. The van der Waals surface area contributed by atoms with E-state index in [9.17, 15) is 14.3 Å². The molecule has 1 atom stereocenters. The molecular weight excluding hydrogens is 189 g/mol. The van der Waals surface area contributed by atoms with Crippen molar-refractivity contribution in [1.82, 2.24) is 5.32 Å². The fourth-order valence-electron chi connectivity index (χ4n) is 0.867. The van der Waals surface area contributed by atoms with E-state index in [-0.39, 0.29) is 19.3 Å². The van der Waals surface area contributed by atoms with E-state index in [1.807, 2.05) is 0 Å². The molecule has 78 valence electrons. The molecule has 0 radical (unpaired) electrons. The van der Waals surface area contributed by atoms with Crippen LogP contribution in [-0.4, -0.2) is 43.8 Å². The first-order valence-corrected chi connectivity index (χ1v) is 4.08. The summed E-state index contributed by atoms with van der Waals surface area (Å²) >= 11 is 0. The van der Waals surface area contributed by atoms with Crippen LogP contribution in [0.15, 0.2) is 0 Å². The summed E-state index contributed by atoms with van der Waals surface area (Å²) in [7, 11) is 1.80. The molecule has 7 heteroatoms. The van der Waals surface area contributed by atoms with Crippen molar-refractivity contribution in [2.75, 3.05) is 13.6 Å². The Labute approximate surface area is 81.9 Å². The Morgan fingerprint density at radius 1 is 1.57 bits per heavy atom. The van der Waals surface area contributed by atoms with Crippen molar-refractivity contribution in [3.63, 3.8) is 0 Å². The van der Waals surface area contributed by atoms with Crippen molar-refractivity contribution in [3.05, 3.63) is 0 Å². The first-order valence-electron chi connectivity index (χ1n) is 4.08. The van der Waals surface area contributed by atoms with Gasteiger partial charge >= 0.3 is 81.0 Å². The van der Waals surface area contributed by atoms with Gasteiger partial charge in [0.2, 0.25) is 0 Å². The number of aliphatic carboxylic acids is 1. The third-order valence-corrected chi connectivity index (χ3v) is 1.61. The normalized spacial score (nSPS) is 11.5. The van der Waals surface area contributed by atoms with Crippen LogP contribution < -0.4 is 5.32 Å². The number of hydrogen-bond donors (Lipinski definition) is 2. The van der Waals surface area contributed by atoms with E-state index in [0.29, 0.717) is 7.15 Å². The molecule has 0 aliphatic carbocycles. The van der Waals surface area contributed by atoms with E-state index < -0.39 is 18.0 Å². The number of nitrogens with one attached hydrogen (secondary N) is 1. The summed E-state index contributed by atoms with van der Waals surface area (Å²) in [4.78, 5) is 21.3. The Morgan fingerprint density at radius 2 is 2.21 bits per heavy atom. The molecule has 0 aromatic heterocycles. The quantitative estimate of drug-likeness (QED) is 0.405. The van der Waals surface area contributed by atoms with Crippen LogP contribution in [0.1, 0.15) is 12.8 Å². The Balaban J connectivity index is 3.90. The first kappa shape index (κ1) is 12.8. The van der Waals surface area contributed by atoms with Gasteiger partial charge in [0.1, 0.15) is 0 Å². The minimum absolute atomic E-state index is 0.0132. The van der Waals surface area contributed by atoms with Crippen molar-refractivity contribution in [2.24, 2.45) is 0 Å². The van der Waals surface area contributed by atoms with Gasteiger partial charge in [0.15, 0.2) is 0 Å². The number of carboxylic acid groups (broad SMARTS) is 1. The van der Waals surface area contributed by atoms with Gasteiger partial charge in [-0.1, -0.05) is 0 Å². The number of ether oxygens (including phenoxy) is 1. The summed E-state index contributed by atoms with van der Waals surface area (Å²) in [5.41, 5.74) is 0. The van der Waals surface area contributed by atoms with Gasteiger partial charge in [-0.15, -0.1) is 0 Å². The van der Waals surface area contributed by atoms with E-state index in [0.717, 1.165) is 0 Å². The number of carbonyl (C=O) groups is 2. The van der Waals surface area contributed by atoms with E-state index in [4.69, 9.17) is 5.11 Å². The molecule has 0 aliphatic rings. The first-order chi connectivity index (χ1) is 6.61. The Bertz CT molecular complexity index is 220. The zero-order valence-electron chi connectivity index (χ0n) is 7.86. The number of methoxy groups -OCH3 is 1. The second-order valence-corrected chi connectivity index (χ2v) is 2.58. The Hall–Kier alpha value is -1.24. The summed E-state index contributed by atoms with van der Waals surface area (Å²) < 4.78 is 14.3. The average molecular weight is 201 g/mol. The van der Waals surface area contributed by atoms with E-state index in [1.165, 1.54) is 7.11 Å². The van der Waals surface area contributed by atoms with Crippen molar-refractivity contribution < 1.29 is 24.1 Å². The van der Waals surface area contributed by atoms with Gasteiger partial charge in [0.25, 0.3) is 0 Å². The SMILES string of the molecule is COC(=O)CCC(NCB=O)C(=O)O. The summed E-state index contributed by atoms with van der Waals surface area (Å²) in [6.07, 6.45) is 0.0767. The van der Waals surface area contributed by atoms with Crippen LogP contribution >= 0.6 is 0 Å². The number of carbonyl (C=O) groups excluding carboxylic acids is 1. The van der Waals surface area contributed by atoms with Gasteiger partial charge < -0.3 is 0 Å². The maximum atomic E-state index is 10.7. The summed E-state index contributed by atoms with van der Waals surface area (Å²) in [5, 5.41) is 11.1. The predicted octanol–water partition coefficient (Wildman–Crippen LogP) is -1.01. The van der Waals surface area contributed by atoms with E-state index in [1.54, 1.807) is 0 Å². The molecular formula is C7H12BNO5.